The van der Waals surface area contributed by atoms with Crippen molar-refractivity contribution in [3.63, 3.8) is 0 Å². The standard InChI is InChI=1S/C16H21FN4O2.ClH/c1-11(23-14-6-4-5-13(17)7-14)8-19-16(22)15(18-2)12-9-20-21(3)10-12;/h4-7,9-11,15,18H,8H2,1-3H3,(H,19,22);1H. The van der Waals surface area contributed by atoms with Crippen molar-refractivity contribution in [1.29, 1.82) is 0 Å². The Kier molecular flexibility index (Phi) is 7.67. The Morgan fingerprint density at radius 2 is 2.21 bits per heavy atom. The van der Waals surface area contributed by atoms with Gasteiger partial charge in [-0.2, -0.15) is 5.10 Å². The van der Waals surface area contributed by atoms with Crippen LogP contribution in [0.1, 0.15) is 18.5 Å². The minimum Gasteiger partial charge on any atom is -0.489 e. The fraction of sp³-hybridized carbons (Fsp3) is 0.375. The molecule has 0 spiro atoms. The summed E-state index contributed by atoms with van der Waals surface area (Å²) in [5.41, 5.74) is 0.784. The highest BCUT2D eigenvalue weighted by Crippen LogP contribution is 2.14. The molecule has 132 valence electrons. The fourth-order valence-electron chi connectivity index (χ4n) is 2.20. The monoisotopic (exact) mass is 356 g/mol. The van der Waals surface area contributed by atoms with Crippen LogP contribution in [0.4, 0.5) is 4.39 Å². The van der Waals surface area contributed by atoms with E-state index >= 15 is 0 Å². The summed E-state index contributed by atoms with van der Waals surface area (Å²) in [5, 5.41) is 9.84. The molecule has 1 heterocycles. The summed E-state index contributed by atoms with van der Waals surface area (Å²) in [6.07, 6.45) is 3.15. The van der Waals surface area contributed by atoms with Crippen molar-refractivity contribution in [2.45, 2.75) is 19.1 Å². The number of rotatable bonds is 7. The second kappa shape index (κ2) is 9.24. The fourth-order valence-corrected chi connectivity index (χ4v) is 2.20. The van der Waals surface area contributed by atoms with Crippen LogP contribution >= 0.6 is 12.4 Å². The second-order valence-electron chi connectivity index (χ2n) is 5.30. The number of aryl methyl sites for hydroxylation is 1. The SMILES string of the molecule is CNC(C(=O)NCC(C)Oc1cccc(F)c1)c1cnn(C)c1.Cl. The number of hydrogen-bond acceptors (Lipinski definition) is 4. The molecule has 6 nitrogen and oxygen atoms in total. The van der Waals surface area contributed by atoms with Crippen molar-refractivity contribution >= 4 is 18.3 Å². The summed E-state index contributed by atoms with van der Waals surface area (Å²) in [4.78, 5) is 12.3. The maximum absolute atomic E-state index is 13.1. The number of aromatic nitrogens is 2. The molecule has 0 aliphatic carbocycles. The summed E-state index contributed by atoms with van der Waals surface area (Å²) in [7, 11) is 3.51. The quantitative estimate of drug-likeness (QED) is 0.794. The third-order valence-corrected chi connectivity index (χ3v) is 3.31. The number of nitrogens with zero attached hydrogens (tertiary/aromatic N) is 2. The molecule has 1 amide bonds. The Bertz CT molecular complexity index is 665. The van der Waals surface area contributed by atoms with Crippen LogP contribution < -0.4 is 15.4 Å². The van der Waals surface area contributed by atoms with Crippen molar-refractivity contribution in [1.82, 2.24) is 20.4 Å². The first kappa shape index (κ1) is 19.9. The lowest BCUT2D eigenvalue weighted by Crippen LogP contribution is -2.40. The van der Waals surface area contributed by atoms with Crippen molar-refractivity contribution in [2.75, 3.05) is 13.6 Å². The van der Waals surface area contributed by atoms with Crippen LogP contribution in [0.5, 0.6) is 5.75 Å². The number of amides is 1. The molecular weight excluding hydrogens is 335 g/mol. The lowest BCUT2D eigenvalue weighted by Gasteiger charge is -2.18. The van der Waals surface area contributed by atoms with E-state index in [1.54, 1.807) is 43.3 Å². The van der Waals surface area contributed by atoms with Gasteiger partial charge in [-0.05, 0) is 26.1 Å². The molecule has 1 aromatic carbocycles. The van der Waals surface area contributed by atoms with Crippen molar-refractivity contribution in [3.8, 4) is 5.75 Å². The summed E-state index contributed by atoms with van der Waals surface area (Å²) in [5.74, 6) is -0.0927. The third kappa shape index (κ3) is 5.50. The predicted octanol–water partition coefficient (Wildman–Crippen LogP) is 1.83. The van der Waals surface area contributed by atoms with E-state index in [0.29, 0.717) is 12.3 Å². The number of hydrogen-bond donors (Lipinski definition) is 2. The molecule has 1 aromatic heterocycles. The molecule has 0 aliphatic rings. The molecule has 0 saturated heterocycles. The van der Waals surface area contributed by atoms with Gasteiger partial charge in [-0.15, -0.1) is 12.4 Å². The number of benzene rings is 1. The van der Waals surface area contributed by atoms with Crippen LogP contribution in [0.3, 0.4) is 0 Å². The zero-order chi connectivity index (χ0) is 16.8. The molecule has 2 N–H and O–H groups in total. The van der Waals surface area contributed by atoms with Gasteiger partial charge >= 0.3 is 0 Å². The highest BCUT2D eigenvalue weighted by atomic mass is 35.5. The second-order valence-corrected chi connectivity index (χ2v) is 5.30. The van der Waals surface area contributed by atoms with Gasteiger partial charge in [0.25, 0.3) is 0 Å². The van der Waals surface area contributed by atoms with E-state index in [1.165, 1.54) is 12.1 Å². The van der Waals surface area contributed by atoms with Gasteiger partial charge in [0.05, 0.1) is 12.7 Å². The van der Waals surface area contributed by atoms with Crippen LogP contribution in [0, 0.1) is 5.82 Å². The summed E-state index contributed by atoms with van der Waals surface area (Å²) >= 11 is 0. The van der Waals surface area contributed by atoms with Gasteiger partial charge in [0, 0.05) is 24.9 Å². The van der Waals surface area contributed by atoms with Gasteiger partial charge in [-0.25, -0.2) is 4.39 Å². The molecule has 2 aromatic rings. The molecule has 2 atom stereocenters. The van der Waals surface area contributed by atoms with Gasteiger partial charge in [0.1, 0.15) is 23.7 Å². The Hall–Kier alpha value is -2.12. The molecule has 0 radical (unpaired) electrons. The van der Waals surface area contributed by atoms with Crippen LogP contribution in [0.2, 0.25) is 0 Å². The topological polar surface area (TPSA) is 68.2 Å². The third-order valence-electron chi connectivity index (χ3n) is 3.31. The Labute approximate surface area is 146 Å². The molecule has 0 bridgehead atoms. The van der Waals surface area contributed by atoms with E-state index in [4.69, 9.17) is 4.74 Å². The van der Waals surface area contributed by atoms with E-state index < -0.39 is 6.04 Å². The number of carbonyl (C=O) groups is 1. The lowest BCUT2D eigenvalue weighted by atomic mass is 10.1. The van der Waals surface area contributed by atoms with Gasteiger partial charge in [0.2, 0.25) is 5.91 Å². The highest BCUT2D eigenvalue weighted by molar-refractivity contribution is 5.85. The van der Waals surface area contributed by atoms with E-state index in [2.05, 4.69) is 15.7 Å². The number of ether oxygens (including phenoxy) is 1. The van der Waals surface area contributed by atoms with Crippen LogP contribution in [-0.4, -0.2) is 35.4 Å². The lowest BCUT2D eigenvalue weighted by molar-refractivity contribution is -0.123. The minimum absolute atomic E-state index is 0. The molecular formula is C16H22ClFN4O2. The number of halogens is 2. The molecule has 2 rings (SSSR count). The predicted molar refractivity (Wildman–Crippen MR) is 91.8 cm³/mol. The summed E-state index contributed by atoms with van der Waals surface area (Å²) in [6.45, 7) is 2.12. The van der Waals surface area contributed by atoms with Gasteiger partial charge in [-0.3, -0.25) is 9.48 Å². The van der Waals surface area contributed by atoms with Gasteiger partial charge < -0.3 is 15.4 Å². The normalized spacial score (nSPS) is 12.8. The molecule has 24 heavy (non-hydrogen) atoms. The zero-order valence-corrected chi connectivity index (χ0v) is 14.6. The average Bonchev–Trinajstić information content (AvgIpc) is 2.92. The summed E-state index contributed by atoms with van der Waals surface area (Å²) < 4.78 is 20.3. The molecule has 8 heteroatoms. The van der Waals surface area contributed by atoms with Gasteiger partial charge in [-0.1, -0.05) is 6.07 Å². The Balaban J connectivity index is 0.00000288. The molecule has 0 aliphatic heterocycles. The average molecular weight is 357 g/mol. The molecule has 0 fully saturated rings. The first-order chi connectivity index (χ1) is 11.0. The van der Waals surface area contributed by atoms with E-state index in [1.807, 2.05) is 6.92 Å². The first-order valence-corrected chi connectivity index (χ1v) is 7.35. The van der Waals surface area contributed by atoms with E-state index in [9.17, 15) is 9.18 Å². The molecule has 2 unspecified atom stereocenters. The number of nitrogens with one attached hydrogen (secondary N) is 2. The smallest absolute Gasteiger partial charge is 0.241 e. The molecule has 0 saturated carbocycles. The van der Waals surface area contributed by atoms with E-state index in [-0.39, 0.29) is 30.2 Å². The largest absolute Gasteiger partial charge is 0.489 e. The van der Waals surface area contributed by atoms with Crippen molar-refractivity contribution < 1.29 is 13.9 Å². The zero-order valence-electron chi connectivity index (χ0n) is 13.8. The minimum atomic E-state index is -0.481. The maximum atomic E-state index is 13.1. The van der Waals surface area contributed by atoms with E-state index in [0.717, 1.165) is 5.56 Å². The van der Waals surface area contributed by atoms with Crippen molar-refractivity contribution in [3.05, 3.63) is 48.0 Å². The highest BCUT2D eigenvalue weighted by Gasteiger charge is 2.20. The summed E-state index contributed by atoms with van der Waals surface area (Å²) in [6, 6.07) is 5.43. The van der Waals surface area contributed by atoms with Crippen LogP contribution in [0.15, 0.2) is 36.7 Å². The van der Waals surface area contributed by atoms with Crippen LogP contribution in [0.25, 0.3) is 0 Å². The maximum Gasteiger partial charge on any atom is 0.241 e. The Morgan fingerprint density at radius 1 is 1.46 bits per heavy atom. The van der Waals surface area contributed by atoms with Crippen LogP contribution in [-0.2, 0) is 11.8 Å². The van der Waals surface area contributed by atoms with Gasteiger partial charge in [0.15, 0.2) is 0 Å². The Morgan fingerprint density at radius 3 is 2.79 bits per heavy atom. The first-order valence-electron chi connectivity index (χ1n) is 7.35. The number of likely N-dealkylation sites (N-methyl/N-ethyl adjacent to an activating group) is 1. The van der Waals surface area contributed by atoms with Crippen molar-refractivity contribution in [2.24, 2.45) is 7.05 Å². The number of carbonyl (C=O) groups excluding carboxylic acids is 1.